The smallest absolute Gasteiger partial charge is 0.251 e. The van der Waals surface area contributed by atoms with Crippen molar-refractivity contribution in [3.8, 4) is 0 Å². The number of hydrogen-bond donors (Lipinski definition) is 2. The van der Waals surface area contributed by atoms with E-state index in [9.17, 15) is 13.2 Å². The van der Waals surface area contributed by atoms with E-state index in [-0.39, 0.29) is 16.8 Å². The fraction of sp³-hybridized carbons (Fsp3) is 0.286. The summed E-state index contributed by atoms with van der Waals surface area (Å²) in [5, 5.41) is 6.92. The van der Waals surface area contributed by atoms with Crippen molar-refractivity contribution in [3.05, 3.63) is 48.3 Å². The molecule has 2 N–H and O–H groups in total. The van der Waals surface area contributed by atoms with E-state index in [1.54, 1.807) is 10.9 Å². The Morgan fingerprint density at radius 3 is 2.55 bits per heavy atom. The number of sulfonamides is 1. The summed E-state index contributed by atoms with van der Waals surface area (Å²) in [6, 6.07) is 7.49. The van der Waals surface area contributed by atoms with Crippen molar-refractivity contribution in [1.82, 2.24) is 19.8 Å². The quantitative estimate of drug-likeness (QED) is 0.815. The molecule has 0 bridgehead atoms. The average Bonchev–Trinajstić information content (AvgIpc) is 3.00. The van der Waals surface area contributed by atoms with E-state index in [1.165, 1.54) is 31.3 Å². The minimum absolute atomic E-state index is 0.104. The predicted molar refractivity (Wildman–Crippen MR) is 81.8 cm³/mol. The largest absolute Gasteiger partial charge is 0.348 e. The molecule has 1 atom stereocenters. The zero-order valence-electron chi connectivity index (χ0n) is 12.4. The second-order valence-corrected chi connectivity index (χ2v) is 6.72. The van der Waals surface area contributed by atoms with E-state index >= 15 is 0 Å². The molecule has 8 heteroatoms. The zero-order valence-corrected chi connectivity index (χ0v) is 13.2. The Morgan fingerprint density at radius 2 is 2.00 bits per heavy atom. The summed E-state index contributed by atoms with van der Waals surface area (Å²) in [5.41, 5.74) is 0.405. The van der Waals surface area contributed by atoms with Gasteiger partial charge in [-0.2, -0.15) is 5.10 Å². The molecule has 0 fully saturated rings. The molecule has 1 amide bonds. The van der Waals surface area contributed by atoms with Crippen LogP contribution in [0.25, 0.3) is 0 Å². The van der Waals surface area contributed by atoms with Crippen LogP contribution in [0, 0.1) is 0 Å². The van der Waals surface area contributed by atoms with Crippen LogP contribution in [0.15, 0.2) is 47.6 Å². The number of aromatic nitrogens is 2. The Labute approximate surface area is 129 Å². The van der Waals surface area contributed by atoms with Crippen molar-refractivity contribution in [2.75, 3.05) is 7.05 Å². The molecule has 0 aliphatic heterocycles. The number of carbonyl (C=O) groups excluding carboxylic acids is 1. The van der Waals surface area contributed by atoms with Gasteiger partial charge in [-0.25, -0.2) is 13.1 Å². The Balaban J connectivity index is 2.01. The van der Waals surface area contributed by atoms with Crippen molar-refractivity contribution in [1.29, 1.82) is 0 Å². The highest BCUT2D eigenvalue weighted by atomic mass is 32.2. The molecule has 2 aromatic rings. The molecule has 0 saturated heterocycles. The van der Waals surface area contributed by atoms with Crippen molar-refractivity contribution < 1.29 is 13.2 Å². The third kappa shape index (κ3) is 3.92. The van der Waals surface area contributed by atoms with Gasteiger partial charge < -0.3 is 5.32 Å². The van der Waals surface area contributed by atoms with Gasteiger partial charge in [-0.1, -0.05) is 0 Å². The lowest BCUT2D eigenvalue weighted by molar-refractivity contribution is 0.0936. The summed E-state index contributed by atoms with van der Waals surface area (Å²) in [6.07, 6.45) is 3.50. The highest BCUT2D eigenvalue weighted by Gasteiger charge is 2.14. The third-order valence-electron chi connectivity index (χ3n) is 3.09. The van der Waals surface area contributed by atoms with Crippen molar-refractivity contribution in [3.63, 3.8) is 0 Å². The SMILES string of the molecule is CNS(=O)(=O)c1ccc(C(=O)N[C@H](C)Cn2cccn2)cc1. The molecular formula is C14H18N4O3S. The number of hydrogen-bond acceptors (Lipinski definition) is 4. The van der Waals surface area contributed by atoms with E-state index in [1.807, 2.05) is 19.2 Å². The molecular weight excluding hydrogens is 304 g/mol. The van der Waals surface area contributed by atoms with Crippen LogP contribution >= 0.6 is 0 Å². The second kappa shape index (κ2) is 6.71. The standard InChI is InChI=1S/C14H18N4O3S/c1-11(10-18-9-3-8-16-18)17-14(19)12-4-6-13(7-5-12)22(20,21)15-2/h3-9,11,15H,10H2,1-2H3,(H,17,19)/t11-/m1/s1. The predicted octanol–water partition coefficient (Wildman–Crippen LogP) is 0.610. The van der Waals surface area contributed by atoms with Gasteiger partial charge in [0.05, 0.1) is 11.4 Å². The van der Waals surface area contributed by atoms with Crippen LogP contribution < -0.4 is 10.0 Å². The van der Waals surface area contributed by atoms with E-state index in [0.717, 1.165) is 0 Å². The molecule has 0 aliphatic rings. The number of amides is 1. The molecule has 2 rings (SSSR count). The number of rotatable bonds is 6. The highest BCUT2D eigenvalue weighted by Crippen LogP contribution is 2.10. The van der Waals surface area contributed by atoms with Crippen LogP contribution in [0.2, 0.25) is 0 Å². The molecule has 22 heavy (non-hydrogen) atoms. The summed E-state index contributed by atoms with van der Waals surface area (Å²) < 4.78 is 27.2. The number of carbonyl (C=O) groups is 1. The normalized spacial score (nSPS) is 12.8. The maximum Gasteiger partial charge on any atom is 0.251 e. The van der Waals surface area contributed by atoms with Crippen LogP contribution in [0.4, 0.5) is 0 Å². The number of nitrogens with zero attached hydrogens (tertiary/aromatic N) is 2. The molecule has 0 spiro atoms. The van der Waals surface area contributed by atoms with E-state index in [4.69, 9.17) is 0 Å². The Kier molecular flexibility index (Phi) is 4.94. The maximum atomic E-state index is 12.1. The maximum absolute atomic E-state index is 12.1. The molecule has 0 unspecified atom stereocenters. The average molecular weight is 322 g/mol. The molecule has 0 aliphatic carbocycles. The first-order valence-corrected chi connectivity index (χ1v) is 8.22. The second-order valence-electron chi connectivity index (χ2n) is 4.83. The fourth-order valence-electron chi connectivity index (χ4n) is 1.95. The Bertz CT molecular complexity index is 724. The summed E-state index contributed by atoms with van der Waals surface area (Å²) in [5.74, 6) is -0.256. The lowest BCUT2D eigenvalue weighted by Crippen LogP contribution is -2.35. The molecule has 0 saturated carbocycles. The molecule has 1 aromatic carbocycles. The van der Waals surface area contributed by atoms with Gasteiger partial charge in [0.2, 0.25) is 10.0 Å². The van der Waals surface area contributed by atoms with Crippen molar-refractivity contribution >= 4 is 15.9 Å². The molecule has 118 valence electrons. The first kappa shape index (κ1) is 16.2. The molecule has 1 aromatic heterocycles. The third-order valence-corrected chi connectivity index (χ3v) is 4.52. The minimum Gasteiger partial charge on any atom is -0.348 e. The Morgan fingerprint density at radius 1 is 1.32 bits per heavy atom. The highest BCUT2D eigenvalue weighted by molar-refractivity contribution is 7.89. The first-order valence-electron chi connectivity index (χ1n) is 6.74. The summed E-state index contributed by atoms with van der Waals surface area (Å²) in [6.45, 7) is 2.43. The van der Waals surface area contributed by atoms with Crippen molar-refractivity contribution in [2.45, 2.75) is 24.4 Å². The van der Waals surface area contributed by atoms with Gasteiger partial charge >= 0.3 is 0 Å². The Hall–Kier alpha value is -2.19. The lowest BCUT2D eigenvalue weighted by Gasteiger charge is -2.14. The van der Waals surface area contributed by atoms with Gasteiger partial charge in [-0.05, 0) is 44.3 Å². The topological polar surface area (TPSA) is 93.1 Å². The van der Waals surface area contributed by atoms with Gasteiger partial charge in [-0.15, -0.1) is 0 Å². The van der Waals surface area contributed by atoms with Crippen LogP contribution in [0.1, 0.15) is 17.3 Å². The summed E-state index contributed by atoms with van der Waals surface area (Å²) in [4.78, 5) is 12.2. The first-order chi connectivity index (χ1) is 10.4. The van der Waals surface area contributed by atoms with Crippen molar-refractivity contribution in [2.24, 2.45) is 0 Å². The molecule has 1 heterocycles. The van der Waals surface area contributed by atoms with Crippen LogP contribution in [0.5, 0.6) is 0 Å². The monoisotopic (exact) mass is 322 g/mol. The van der Waals surface area contributed by atoms with Gasteiger partial charge in [-0.3, -0.25) is 9.48 Å². The minimum atomic E-state index is -3.49. The lowest BCUT2D eigenvalue weighted by atomic mass is 10.2. The van der Waals surface area contributed by atoms with Crippen LogP contribution in [0.3, 0.4) is 0 Å². The van der Waals surface area contributed by atoms with Gasteiger partial charge in [0.1, 0.15) is 0 Å². The van der Waals surface area contributed by atoms with Crippen LogP contribution in [-0.4, -0.2) is 37.2 Å². The molecule has 7 nitrogen and oxygen atoms in total. The fourth-order valence-corrected chi connectivity index (χ4v) is 2.68. The van der Waals surface area contributed by atoms with Gasteiger partial charge in [0, 0.05) is 24.0 Å². The number of nitrogens with one attached hydrogen (secondary N) is 2. The van der Waals surface area contributed by atoms with E-state index in [2.05, 4.69) is 15.1 Å². The summed E-state index contributed by atoms with van der Waals surface area (Å²) in [7, 11) is -2.15. The zero-order chi connectivity index (χ0) is 16.2. The molecule has 0 radical (unpaired) electrons. The van der Waals surface area contributed by atoms with Crippen LogP contribution in [-0.2, 0) is 16.6 Å². The van der Waals surface area contributed by atoms with E-state index < -0.39 is 10.0 Å². The van der Waals surface area contributed by atoms with Gasteiger partial charge in [0.25, 0.3) is 5.91 Å². The summed E-state index contributed by atoms with van der Waals surface area (Å²) >= 11 is 0. The number of benzene rings is 1. The van der Waals surface area contributed by atoms with E-state index in [0.29, 0.717) is 12.1 Å². The van der Waals surface area contributed by atoms with Gasteiger partial charge in [0.15, 0.2) is 0 Å².